The molecule has 1 heterocycles. The van der Waals surface area contributed by atoms with Crippen molar-refractivity contribution in [3.8, 4) is 11.5 Å². The van der Waals surface area contributed by atoms with Crippen molar-refractivity contribution >= 4 is 51.4 Å². The maximum absolute atomic E-state index is 13.0. The van der Waals surface area contributed by atoms with Gasteiger partial charge >= 0.3 is 0 Å². The first kappa shape index (κ1) is 24.0. The topological polar surface area (TPSA) is 55.8 Å². The Kier molecular flexibility index (Phi) is 6.98. The second-order valence-electron chi connectivity index (χ2n) is 8.24. The molecule has 0 aromatic heterocycles. The third kappa shape index (κ3) is 5.10. The number of halogens is 1. The second kappa shape index (κ2) is 10.5. The van der Waals surface area contributed by atoms with Gasteiger partial charge in [-0.15, -0.1) is 0 Å². The number of carbonyl (C=O) groups excluding carboxylic acids is 2. The average Bonchev–Trinajstić information content (AvgIpc) is 3.14. The highest BCUT2D eigenvalue weighted by molar-refractivity contribution is 8.18. The van der Waals surface area contributed by atoms with Gasteiger partial charge in [0.15, 0.2) is 11.5 Å². The summed E-state index contributed by atoms with van der Waals surface area (Å²) in [5.41, 5.74) is 2.58. The van der Waals surface area contributed by atoms with Crippen LogP contribution in [0, 0.1) is 0 Å². The summed E-state index contributed by atoms with van der Waals surface area (Å²) in [6.45, 7) is 0.530. The van der Waals surface area contributed by atoms with Crippen LogP contribution in [0.15, 0.2) is 89.8 Å². The molecule has 0 bridgehead atoms. The molecule has 0 unspecified atom stereocenters. The number of ether oxygens (including phenoxy) is 2. The largest absolute Gasteiger partial charge is 0.493 e. The van der Waals surface area contributed by atoms with E-state index in [2.05, 4.69) is 18.2 Å². The number of thioether (sulfide) groups is 1. The molecule has 1 aliphatic rings. The molecule has 5 rings (SSSR count). The zero-order valence-electron chi connectivity index (χ0n) is 19.4. The normalized spacial score (nSPS) is 14.6. The lowest BCUT2D eigenvalue weighted by Gasteiger charge is -2.13. The molecule has 5 nitrogen and oxygen atoms in total. The van der Waals surface area contributed by atoms with Crippen molar-refractivity contribution in [3.05, 3.63) is 112 Å². The summed E-state index contributed by atoms with van der Waals surface area (Å²) < 4.78 is 11.6. The Balaban J connectivity index is 1.36. The number of fused-ring (bicyclic) bond motifs is 1. The number of methoxy groups -OCH3 is 1. The molecule has 4 aromatic rings. The lowest BCUT2D eigenvalue weighted by Crippen LogP contribution is -2.27. The van der Waals surface area contributed by atoms with Crippen LogP contribution in [-0.2, 0) is 17.9 Å². The molecule has 1 fully saturated rings. The van der Waals surface area contributed by atoms with Gasteiger partial charge in [-0.3, -0.25) is 14.5 Å². The number of benzene rings is 4. The summed E-state index contributed by atoms with van der Waals surface area (Å²) in [6, 6.07) is 26.8. The molecule has 1 aliphatic heterocycles. The summed E-state index contributed by atoms with van der Waals surface area (Å²) >= 11 is 6.97. The molecule has 0 radical (unpaired) electrons. The van der Waals surface area contributed by atoms with E-state index < -0.39 is 0 Å². The van der Waals surface area contributed by atoms with Crippen molar-refractivity contribution in [3.63, 3.8) is 0 Å². The van der Waals surface area contributed by atoms with E-state index in [9.17, 15) is 9.59 Å². The molecule has 0 spiro atoms. The van der Waals surface area contributed by atoms with Crippen LogP contribution in [0.1, 0.15) is 16.7 Å². The van der Waals surface area contributed by atoms with Crippen molar-refractivity contribution in [2.24, 2.45) is 0 Å². The quantitative estimate of drug-likeness (QED) is 0.241. The number of imide groups is 1. The predicted octanol–water partition coefficient (Wildman–Crippen LogP) is 7.32. The second-order valence-corrected chi connectivity index (χ2v) is 9.66. The molecule has 4 aromatic carbocycles. The first-order valence-electron chi connectivity index (χ1n) is 11.3. The maximum atomic E-state index is 13.0. The third-order valence-electron chi connectivity index (χ3n) is 5.85. The molecule has 0 aliphatic carbocycles. The lowest BCUT2D eigenvalue weighted by atomic mass is 10.1. The molecule has 1 saturated heterocycles. The van der Waals surface area contributed by atoms with E-state index in [0.29, 0.717) is 28.0 Å². The summed E-state index contributed by atoms with van der Waals surface area (Å²) in [5.74, 6) is 0.804. The number of nitrogens with zero attached hydrogens (tertiary/aromatic N) is 1. The zero-order valence-corrected chi connectivity index (χ0v) is 21.0. The molecular formula is C29H22ClNO4S. The Morgan fingerprint density at radius 2 is 1.72 bits per heavy atom. The summed E-state index contributed by atoms with van der Waals surface area (Å²) in [4.78, 5) is 27.1. The van der Waals surface area contributed by atoms with Crippen molar-refractivity contribution in [2.45, 2.75) is 13.2 Å². The maximum Gasteiger partial charge on any atom is 0.293 e. The Bertz CT molecular complexity index is 1490. The molecular weight excluding hydrogens is 494 g/mol. The minimum atomic E-state index is -0.334. The van der Waals surface area contributed by atoms with E-state index in [0.717, 1.165) is 39.2 Å². The van der Waals surface area contributed by atoms with Gasteiger partial charge in [0.1, 0.15) is 6.61 Å². The molecule has 0 N–H and O–H groups in total. The van der Waals surface area contributed by atoms with Crippen molar-refractivity contribution < 1.29 is 19.1 Å². The predicted molar refractivity (Wildman–Crippen MR) is 144 cm³/mol. The van der Waals surface area contributed by atoms with Crippen LogP contribution in [0.2, 0.25) is 5.02 Å². The van der Waals surface area contributed by atoms with Crippen LogP contribution in [0.25, 0.3) is 16.8 Å². The molecule has 2 amide bonds. The summed E-state index contributed by atoms with van der Waals surface area (Å²) in [5, 5.41) is 2.52. The first-order valence-corrected chi connectivity index (χ1v) is 12.5. The van der Waals surface area contributed by atoms with Gasteiger partial charge in [0, 0.05) is 5.02 Å². The van der Waals surface area contributed by atoms with E-state index in [1.807, 2.05) is 42.5 Å². The van der Waals surface area contributed by atoms with Crippen LogP contribution in [0.5, 0.6) is 11.5 Å². The zero-order chi connectivity index (χ0) is 25.1. The Hall–Kier alpha value is -3.74. The van der Waals surface area contributed by atoms with Crippen molar-refractivity contribution in [2.75, 3.05) is 7.11 Å². The monoisotopic (exact) mass is 515 g/mol. The Morgan fingerprint density at radius 1 is 0.917 bits per heavy atom. The minimum absolute atomic E-state index is 0.171. The van der Waals surface area contributed by atoms with Gasteiger partial charge in [0.2, 0.25) is 0 Å². The van der Waals surface area contributed by atoms with Crippen molar-refractivity contribution in [1.82, 2.24) is 4.90 Å². The number of carbonyl (C=O) groups is 2. The fourth-order valence-electron chi connectivity index (χ4n) is 4.08. The lowest BCUT2D eigenvalue weighted by molar-refractivity contribution is -0.123. The highest BCUT2D eigenvalue weighted by Crippen LogP contribution is 2.36. The smallest absolute Gasteiger partial charge is 0.293 e. The number of amides is 2. The standard InChI is InChI=1S/C29H22ClNO4S/c1-34-25-13-12-19(15-26(25)35-18-22-9-5-8-21-7-2-3-11-24(21)22)16-27-28(32)31(29(33)36-27)17-20-6-4-10-23(30)14-20/h2-16H,17-18H2,1H3/b27-16-. The van der Waals surface area contributed by atoms with Crippen molar-refractivity contribution in [1.29, 1.82) is 0 Å². The Morgan fingerprint density at radius 3 is 2.56 bits per heavy atom. The van der Waals surface area contributed by atoms with Gasteiger partial charge in [0.25, 0.3) is 11.1 Å². The molecule has 180 valence electrons. The summed E-state index contributed by atoms with van der Waals surface area (Å²) in [6.07, 6.45) is 1.70. The van der Waals surface area contributed by atoms with Gasteiger partial charge in [-0.1, -0.05) is 72.3 Å². The van der Waals surface area contributed by atoms with E-state index in [4.69, 9.17) is 21.1 Å². The van der Waals surface area contributed by atoms with Crippen LogP contribution < -0.4 is 9.47 Å². The SMILES string of the molecule is COc1ccc(/C=C2\SC(=O)N(Cc3cccc(Cl)c3)C2=O)cc1OCc1cccc2ccccc12. The highest BCUT2D eigenvalue weighted by Gasteiger charge is 2.35. The molecule has 0 saturated carbocycles. The van der Waals surface area contributed by atoms with Crippen LogP contribution in [0.4, 0.5) is 4.79 Å². The van der Waals surface area contributed by atoms with Crippen LogP contribution in [0.3, 0.4) is 0 Å². The Labute approximate surface area is 218 Å². The fraction of sp³-hybridized carbons (Fsp3) is 0.103. The summed E-state index contributed by atoms with van der Waals surface area (Å²) in [7, 11) is 1.58. The van der Waals surface area contributed by atoms with E-state index in [1.165, 1.54) is 4.90 Å². The third-order valence-corrected chi connectivity index (χ3v) is 6.99. The number of hydrogen-bond donors (Lipinski definition) is 0. The van der Waals surface area contributed by atoms with Gasteiger partial charge in [-0.2, -0.15) is 0 Å². The number of hydrogen-bond acceptors (Lipinski definition) is 5. The molecule has 36 heavy (non-hydrogen) atoms. The number of rotatable bonds is 7. The fourth-order valence-corrected chi connectivity index (χ4v) is 5.13. The first-order chi connectivity index (χ1) is 17.5. The van der Waals surface area contributed by atoms with Gasteiger partial charge in [-0.05, 0) is 69.6 Å². The average molecular weight is 516 g/mol. The van der Waals surface area contributed by atoms with E-state index >= 15 is 0 Å². The molecule has 0 atom stereocenters. The van der Waals surface area contributed by atoms with E-state index in [-0.39, 0.29) is 17.7 Å². The van der Waals surface area contributed by atoms with E-state index in [1.54, 1.807) is 37.5 Å². The van der Waals surface area contributed by atoms with Gasteiger partial charge < -0.3 is 9.47 Å². The van der Waals surface area contributed by atoms with Gasteiger partial charge in [-0.25, -0.2) is 0 Å². The van der Waals surface area contributed by atoms with Crippen LogP contribution in [-0.4, -0.2) is 23.2 Å². The van der Waals surface area contributed by atoms with Gasteiger partial charge in [0.05, 0.1) is 18.6 Å². The minimum Gasteiger partial charge on any atom is -0.493 e. The van der Waals surface area contributed by atoms with Crippen LogP contribution >= 0.6 is 23.4 Å². The molecule has 7 heteroatoms. The highest BCUT2D eigenvalue weighted by atomic mass is 35.5.